The van der Waals surface area contributed by atoms with Crippen molar-refractivity contribution in [3.63, 3.8) is 0 Å². The van der Waals surface area contributed by atoms with Crippen molar-refractivity contribution in [3.8, 4) is 0 Å². The summed E-state index contributed by atoms with van der Waals surface area (Å²) in [7, 11) is 0. The van der Waals surface area contributed by atoms with Crippen LogP contribution in [0.15, 0.2) is 36.7 Å². The number of rotatable bonds is 6. The minimum atomic E-state index is 0.226. The van der Waals surface area contributed by atoms with E-state index in [-0.39, 0.29) is 6.04 Å². The van der Waals surface area contributed by atoms with E-state index in [0.717, 1.165) is 13.0 Å². The van der Waals surface area contributed by atoms with Gasteiger partial charge < -0.3 is 5.32 Å². The molecule has 1 unspecified atom stereocenters. The van der Waals surface area contributed by atoms with Crippen LogP contribution in [0.3, 0.4) is 0 Å². The molecule has 0 radical (unpaired) electrons. The van der Waals surface area contributed by atoms with Gasteiger partial charge in [0.25, 0.3) is 0 Å². The second kappa shape index (κ2) is 6.36. The number of aryl methyl sites for hydroxylation is 1. The zero-order valence-electron chi connectivity index (χ0n) is 11.1. The van der Waals surface area contributed by atoms with Crippen LogP contribution in [0.1, 0.15) is 43.0 Å². The number of hydrogen-bond donors (Lipinski definition) is 2. The van der Waals surface area contributed by atoms with Crippen molar-refractivity contribution in [1.29, 1.82) is 0 Å². The van der Waals surface area contributed by atoms with Gasteiger partial charge in [0.15, 0.2) is 0 Å². The number of nitrogens with zero attached hydrogens (tertiary/aromatic N) is 1. The van der Waals surface area contributed by atoms with Crippen molar-refractivity contribution in [2.45, 2.75) is 32.7 Å². The summed E-state index contributed by atoms with van der Waals surface area (Å²) in [4.78, 5) is 0. The van der Waals surface area contributed by atoms with Crippen molar-refractivity contribution in [2.75, 3.05) is 6.54 Å². The van der Waals surface area contributed by atoms with E-state index < -0.39 is 0 Å². The first-order valence-corrected chi connectivity index (χ1v) is 6.66. The highest BCUT2D eigenvalue weighted by Crippen LogP contribution is 2.21. The summed E-state index contributed by atoms with van der Waals surface area (Å²) < 4.78 is 0. The first kappa shape index (κ1) is 12.8. The summed E-state index contributed by atoms with van der Waals surface area (Å²) >= 11 is 0. The molecule has 0 fully saturated rings. The predicted molar refractivity (Wildman–Crippen MR) is 74.5 cm³/mol. The van der Waals surface area contributed by atoms with E-state index in [9.17, 15) is 0 Å². The third-order valence-corrected chi connectivity index (χ3v) is 3.11. The molecule has 2 N–H and O–H groups in total. The Morgan fingerprint density at radius 3 is 2.50 bits per heavy atom. The number of aromatic amines is 1. The average Bonchev–Trinajstić information content (AvgIpc) is 2.91. The molecule has 3 nitrogen and oxygen atoms in total. The summed E-state index contributed by atoms with van der Waals surface area (Å²) in [6.45, 7) is 5.27. The normalized spacial score (nSPS) is 12.6. The second-order valence-corrected chi connectivity index (χ2v) is 4.51. The van der Waals surface area contributed by atoms with E-state index in [1.807, 2.05) is 12.4 Å². The number of H-pyrrole nitrogens is 1. The van der Waals surface area contributed by atoms with Gasteiger partial charge in [-0.05, 0) is 24.1 Å². The quantitative estimate of drug-likeness (QED) is 0.818. The maximum Gasteiger partial charge on any atom is 0.0607 e. The van der Waals surface area contributed by atoms with Gasteiger partial charge in [-0.3, -0.25) is 5.10 Å². The fraction of sp³-hybridized carbons (Fsp3) is 0.400. The Hall–Kier alpha value is -1.61. The molecule has 0 bridgehead atoms. The van der Waals surface area contributed by atoms with E-state index in [0.29, 0.717) is 0 Å². The van der Waals surface area contributed by atoms with Crippen molar-refractivity contribution in [3.05, 3.63) is 53.3 Å². The Morgan fingerprint density at radius 1 is 1.17 bits per heavy atom. The molecule has 0 spiro atoms. The maximum atomic E-state index is 4.03. The number of hydrogen-bond acceptors (Lipinski definition) is 2. The van der Waals surface area contributed by atoms with Crippen LogP contribution < -0.4 is 5.32 Å². The molecule has 0 aliphatic heterocycles. The molecule has 96 valence electrons. The molecule has 0 amide bonds. The topological polar surface area (TPSA) is 40.7 Å². The van der Waals surface area contributed by atoms with Gasteiger partial charge in [-0.1, -0.05) is 44.5 Å². The van der Waals surface area contributed by atoms with Crippen molar-refractivity contribution >= 4 is 0 Å². The lowest BCUT2D eigenvalue weighted by Crippen LogP contribution is -2.21. The van der Waals surface area contributed by atoms with Gasteiger partial charge in [0.1, 0.15) is 0 Å². The third kappa shape index (κ3) is 2.99. The van der Waals surface area contributed by atoms with Crippen molar-refractivity contribution in [1.82, 2.24) is 15.5 Å². The zero-order valence-corrected chi connectivity index (χ0v) is 11.1. The van der Waals surface area contributed by atoms with Crippen molar-refractivity contribution in [2.24, 2.45) is 0 Å². The molecule has 3 heteroatoms. The first-order valence-electron chi connectivity index (χ1n) is 6.66. The molecule has 18 heavy (non-hydrogen) atoms. The minimum absolute atomic E-state index is 0.226. The molecule has 1 aromatic carbocycles. The Bertz CT molecular complexity index is 445. The van der Waals surface area contributed by atoms with Crippen molar-refractivity contribution < 1.29 is 0 Å². The van der Waals surface area contributed by atoms with E-state index in [4.69, 9.17) is 0 Å². The van der Waals surface area contributed by atoms with Crippen LogP contribution in [0.5, 0.6) is 0 Å². The fourth-order valence-corrected chi connectivity index (χ4v) is 2.22. The fourth-order valence-electron chi connectivity index (χ4n) is 2.22. The minimum Gasteiger partial charge on any atom is -0.306 e. The lowest BCUT2D eigenvalue weighted by Gasteiger charge is -2.17. The summed E-state index contributed by atoms with van der Waals surface area (Å²) in [5.74, 6) is 0. The molecular formula is C15H21N3. The van der Waals surface area contributed by atoms with Crippen LogP contribution in [0.4, 0.5) is 0 Å². The molecular weight excluding hydrogens is 222 g/mol. The van der Waals surface area contributed by atoms with Gasteiger partial charge >= 0.3 is 0 Å². The highest BCUT2D eigenvalue weighted by Gasteiger charge is 2.13. The van der Waals surface area contributed by atoms with Crippen LogP contribution in [0, 0.1) is 0 Å². The molecule has 1 heterocycles. The lowest BCUT2D eigenvalue weighted by atomic mass is 9.99. The second-order valence-electron chi connectivity index (χ2n) is 4.51. The molecule has 1 aromatic heterocycles. The smallest absolute Gasteiger partial charge is 0.0607 e. The van der Waals surface area contributed by atoms with Crippen LogP contribution >= 0.6 is 0 Å². The van der Waals surface area contributed by atoms with Crippen LogP contribution in [-0.2, 0) is 6.42 Å². The monoisotopic (exact) mass is 243 g/mol. The van der Waals surface area contributed by atoms with Crippen LogP contribution in [0.2, 0.25) is 0 Å². The van der Waals surface area contributed by atoms with E-state index in [1.54, 1.807) is 0 Å². The summed E-state index contributed by atoms with van der Waals surface area (Å²) in [5.41, 5.74) is 3.88. The molecule has 0 saturated carbocycles. The zero-order chi connectivity index (χ0) is 12.8. The summed E-state index contributed by atoms with van der Waals surface area (Å²) in [5, 5.41) is 10.4. The third-order valence-electron chi connectivity index (χ3n) is 3.11. The Morgan fingerprint density at radius 2 is 1.94 bits per heavy atom. The van der Waals surface area contributed by atoms with Gasteiger partial charge in [-0.2, -0.15) is 5.10 Å². The van der Waals surface area contributed by atoms with E-state index in [2.05, 4.69) is 53.6 Å². The predicted octanol–water partition coefficient (Wildman–Crippen LogP) is 3.06. The molecule has 0 aliphatic rings. The molecule has 1 atom stereocenters. The van der Waals surface area contributed by atoms with Crippen LogP contribution in [-0.4, -0.2) is 16.7 Å². The molecule has 0 aliphatic carbocycles. The standard InChI is InChI=1S/C15H21N3/c1-3-5-12-6-8-13(9-7-12)15(16-4-2)14-10-17-18-11-14/h6-11,15-16H,3-5H2,1-2H3,(H,17,18). The van der Waals surface area contributed by atoms with Crippen LogP contribution in [0.25, 0.3) is 0 Å². The Labute approximate surface area is 109 Å². The number of nitrogens with one attached hydrogen (secondary N) is 2. The maximum absolute atomic E-state index is 4.03. The highest BCUT2D eigenvalue weighted by atomic mass is 15.1. The highest BCUT2D eigenvalue weighted by molar-refractivity contribution is 5.31. The molecule has 2 aromatic rings. The Kier molecular flexibility index (Phi) is 4.53. The van der Waals surface area contributed by atoms with E-state index >= 15 is 0 Å². The van der Waals surface area contributed by atoms with Gasteiger partial charge in [-0.25, -0.2) is 0 Å². The Balaban J connectivity index is 2.20. The van der Waals surface area contributed by atoms with Gasteiger partial charge in [-0.15, -0.1) is 0 Å². The van der Waals surface area contributed by atoms with Gasteiger partial charge in [0.05, 0.1) is 12.2 Å². The molecule has 0 saturated heterocycles. The lowest BCUT2D eigenvalue weighted by molar-refractivity contribution is 0.630. The van der Waals surface area contributed by atoms with E-state index in [1.165, 1.54) is 23.1 Å². The summed E-state index contributed by atoms with van der Waals surface area (Å²) in [6.07, 6.45) is 6.18. The first-order chi connectivity index (χ1) is 8.85. The largest absolute Gasteiger partial charge is 0.306 e. The SMILES string of the molecule is CCCc1ccc(C(NCC)c2cn[nH]c2)cc1. The van der Waals surface area contributed by atoms with Gasteiger partial charge in [0, 0.05) is 11.8 Å². The number of aromatic nitrogens is 2. The van der Waals surface area contributed by atoms with Gasteiger partial charge in [0.2, 0.25) is 0 Å². The molecule has 2 rings (SSSR count). The summed E-state index contributed by atoms with van der Waals surface area (Å²) in [6, 6.07) is 9.10. The average molecular weight is 243 g/mol. The number of benzene rings is 1.